The first-order valence-electron chi connectivity index (χ1n) is 5.50. The van der Waals surface area contributed by atoms with Gasteiger partial charge in [-0.2, -0.15) is 0 Å². The molecule has 94 valence electrons. The van der Waals surface area contributed by atoms with Crippen molar-refractivity contribution in [1.29, 1.82) is 0 Å². The lowest BCUT2D eigenvalue weighted by Crippen LogP contribution is -2.02. The zero-order valence-corrected chi connectivity index (χ0v) is 10.8. The topological polar surface area (TPSA) is 39.4 Å². The van der Waals surface area contributed by atoms with E-state index in [2.05, 4.69) is 6.58 Å². The Bertz CT molecular complexity index is 643. The summed E-state index contributed by atoms with van der Waals surface area (Å²) in [6, 6.07) is 6.87. The van der Waals surface area contributed by atoms with Crippen LogP contribution in [0.5, 0.6) is 5.75 Å². The summed E-state index contributed by atoms with van der Waals surface area (Å²) in [5.74, 6) is 0.990. The number of rotatable bonds is 4. The smallest absolute Gasteiger partial charge is 0.336 e. The molecule has 1 aromatic carbocycles. The summed E-state index contributed by atoms with van der Waals surface area (Å²) in [7, 11) is 0. The summed E-state index contributed by atoms with van der Waals surface area (Å²) in [4.78, 5) is 11.3. The zero-order chi connectivity index (χ0) is 13.1. The largest absolute Gasteiger partial charge is 0.489 e. The molecule has 4 heteroatoms. The van der Waals surface area contributed by atoms with Crippen LogP contribution in [0.3, 0.4) is 0 Å². The van der Waals surface area contributed by atoms with Crippen molar-refractivity contribution < 1.29 is 9.15 Å². The van der Waals surface area contributed by atoms with Gasteiger partial charge in [0.2, 0.25) is 0 Å². The fraction of sp³-hybridized carbons (Fsp3) is 0.214. The maximum atomic E-state index is 11.3. The predicted octanol–water partition coefficient (Wildman–Crippen LogP) is 3.28. The van der Waals surface area contributed by atoms with Crippen LogP contribution in [0.15, 0.2) is 45.6 Å². The molecular weight excluding hydrogens is 252 g/mol. The minimum atomic E-state index is -0.359. The summed E-state index contributed by atoms with van der Waals surface area (Å²) in [5, 5.41) is 0.901. The van der Waals surface area contributed by atoms with Crippen LogP contribution < -0.4 is 10.4 Å². The molecule has 0 bridgehead atoms. The van der Waals surface area contributed by atoms with Gasteiger partial charge in [0.1, 0.15) is 17.9 Å². The summed E-state index contributed by atoms with van der Waals surface area (Å²) in [5.41, 5.74) is 1.84. The van der Waals surface area contributed by atoms with E-state index in [0.29, 0.717) is 23.8 Å². The molecular formula is C14H13ClO3. The molecule has 1 aromatic heterocycles. The lowest BCUT2D eigenvalue weighted by Gasteiger charge is -2.07. The Morgan fingerprint density at radius 2 is 2.22 bits per heavy atom. The van der Waals surface area contributed by atoms with Crippen LogP contribution in [0.4, 0.5) is 0 Å². The molecule has 0 atom stereocenters. The van der Waals surface area contributed by atoms with E-state index < -0.39 is 0 Å². The average Bonchev–Trinajstić information content (AvgIpc) is 2.35. The van der Waals surface area contributed by atoms with Gasteiger partial charge < -0.3 is 9.15 Å². The van der Waals surface area contributed by atoms with Crippen LogP contribution >= 0.6 is 11.6 Å². The number of benzene rings is 1. The highest BCUT2D eigenvalue weighted by Gasteiger charge is 2.04. The van der Waals surface area contributed by atoms with Gasteiger partial charge >= 0.3 is 5.63 Å². The summed E-state index contributed by atoms with van der Waals surface area (Å²) >= 11 is 5.62. The molecule has 0 saturated carbocycles. The molecule has 0 N–H and O–H groups in total. The maximum Gasteiger partial charge on any atom is 0.336 e. The summed E-state index contributed by atoms with van der Waals surface area (Å²) < 4.78 is 10.6. The third-order valence-electron chi connectivity index (χ3n) is 2.55. The summed E-state index contributed by atoms with van der Waals surface area (Å²) in [6.45, 7) is 5.97. The van der Waals surface area contributed by atoms with Crippen LogP contribution in [0.25, 0.3) is 11.0 Å². The van der Waals surface area contributed by atoms with E-state index in [1.807, 2.05) is 19.1 Å². The third kappa shape index (κ3) is 2.74. The molecule has 0 aliphatic carbocycles. The number of hydrogen-bond donors (Lipinski definition) is 0. The molecule has 0 unspecified atom stereocenters. The highest BCUT2D eigenvalue weighted by molar-refractivity contribution is 6.19. The van der Waals surface area contributed by atoms with Gasteiger partial charge in [-0.25, -0.2) is 4.79 Å². The van der Waals surface area contributed by atoms with E-state index >= 15 is 0 Å². The average molecular weight is 265 g/mol. The SMILES string of the molecule is C=C(CCl)COc1ccc2c(C)cc(=O)oc2c1. The number of fused-ring (bicyclic) bond motifs is 1. The van der Waals surface area contributed by atoms with Gasteiger partial charge in [0.05, 0.1) is 0 Å². The molecule has 0 radical (unpaired) electrons. The highest BCUT2D eigenvalue weighted by atomic mass is 35.5. The molecule has 2 rings (SSSR count). The minimum Gasteiger partial charge on any atom is -0.489 e. The van der Waals surface area contributed by atoms with Gasteiger partial charge in [-0.05, 0) is 30.2 Å². The second-order valence-electron chi connectivity index (χ2n) is 4.08. The van der Waals surface area contributed by atoms with Crippen molar-refractivity contribution in [3.63, 3.8) is 0 Å². The molecule has 0 aliphatic rings. The lowest BCUT2D eigenvalue weighted by atomic mass is 10.1. The monoisotopic (exact) mass is 264 g/mol. The Balaban J connectivity index is 2.32. The minimum absolute atomic E-state index is 0.352. The molecule has 0 amide bonds. The second-order valence-corrected chi connectivity index (χ2v) is 4.35. The highest BCUT2D eigenvalue weighted by Crippen LogP contribution is 2.22. The van der Waals surface area contributed by atoms with E-state index in [4.69, 9.17) is 20.8 Å². The van der Waals surface area contributed by atoms with E-state index in [0.717, 1.165) is 16.5 Å². The van der Waals surface area contributed by atoms with Gasteiger partial charge in [0.15, 0.2) is 0 Å². The molecule has 3 nitrogen and oxygen atoms in total. The second kappa shape index (κ2) is 5.27. The fourth-order valence-electron chi connectivity index (χ4n) is 1.62. The van der Waals surface area contributed by atoms with Crippen LogP contribution in [-0.2, 0) is 0 Å². The van der Waals surface area contributed by atoms with Crippen LogP contribution in [0.1, 0.15) is 5.56 Å². The van der Waals surface area contributed by atoms with Crippen LogP contribution in [0, 0.1) is 6.92 Å². The van der Waals surface area contributed by atoms with E-state index in [1.165, 1.54) is 6.07 Å². The fourth-order valence-corrected chi connectivity index (χ4v) is 1.70. The van der Waals surface area contributed by atoms with Crippen molar-refractivity contribution >= 4 is 22.6 Å². The molecule has 18 heavy (non-hydrogen) atoms. The van der Waals surface area contributed by atoms with Crippen molar-refractivity contribution in [2.45, 2.75) is 6.92 Å². The van der Waals surface area contributed by atoms with Gasteiger partial charge in [-0.3, -0.25) is 0 Å². The van der Waals surface area contributed by atoms with Gasteiger partial charge in [0.25, 0.3) is 0 Å². The molecule has 0 fully saturated rings. The van der Waals surface area contributed by atoms with Gasteiger partial charge in [0, 0.05) is 23.4 Å². The molecule has 2 aromatic rings. The van der Waals surface area contributed by atoms with Crippen LogP contribution in [0.2, 0.25) is 0 Å². The number of hydrogen-bond acceptors (Lipinski definition) is 3. The molecule has 0 spiro atoms. The van der Waals surface area contributed by atoms with E-state index in [-0.39, 0.29) is 5.63 Å². The summed E-state index contributed by atoms with van der Waals surface area (Å²) in [6.07, 6.45) is 0. The van der Waals surface area contributed by atoms with Crippen molar-refractivity contribution in [1.82, 2.24) is 0 Å². The number of alkyl halides is 1. The molecule has 0 saturated heterocycles. The van der Waals surface area contributed by atoms with E-state index in [1.54, 1.807) is 6.07 Å². The Labute approximate surface area is 110 Å². The molecule has 1 heterocycles. The number of halogens is 1. The third-order valence-corrected chi connectivity index (χ3v) is 2.93. The van der Waals surface area contributed by atoms with Crippen molar-refractivity contribution in [3.05, 3.63) is 52.4 Å². The van der Waals surface area contributed by atoms with Gasteiger partial charge in [-0.15, -0.1) is 11.6 Å². The Morgan fingerprint density at radius 1 is 1.44 bits per heavy atom. The standard InChI is InChI=1S/C14H13ClO3/c1-9(7-15)8-17-11-3-4-12-10(2)5-14(16)18-13(12)6-11/h3-6H,1,7-8H2,2H3. The Hall–Kier alpha value is -1.74. The van der Waals surface area contributed by atoms with Gasteiger partial charge in [-0.1, -0.05) is 6.58 Å². The van der Waals surface area contributed by atoms with Crippen molar-refractivity contribution in [2.24, 2.45) is 0 Å². The molecule has 0 aliphatic heterocycles. The first kappa shape index (κ1) is 12.7. The quantitative estimate of drug-likeness (QED) is 0.483. The number of ether oxygens (including phenoxy) is 1. The first-order chi connectivity index (χ1) is 8.60. The van der Waals surface area contributed by atoms with Crippen molar-refractivity contribution in [2.75, 3.05) is 12.5 Å². The Kier molecular flexibility index (Phi) is 3.72. The Morgan fingerprint density at radius 3 is 2.94 bits per heavy atom. The predicted molar refractivity (Wildman–Crippen MR) is 72.6 cm³/mol. The number of aryl methyl sites for hydroxylation is 1. The lowest BCUT2D eigenvalue weighted by molar-refractivity contribution is 0.353. The zero-order valence-electron chi connectivity index (χ0n) is 10.0. The van der Waals surface area contributed by atoms with E-state index in [9.17, 15) is 4.79 Å². The maximum absolute atomic E-state index is 11.3. The van der Waals surface area contributed by atoms with Crippen LogP contribution in [-0.4, -0.2) is 12.5 Å². The first-order valence-corrected chi connectivity index (χ1v) is 6.03. The van der Waals surface area contributed by atoms with Crippen molar-refractivity contribution in [3.8, 4) is 5.75 Å². The normalized spacial score (nSPS) is 10.6.